The molecule has 0 aliphatic rings. The molecule has 1 rings (SSSR count). The predicted molar refractivity (Wildman–Crippen MR) is 60.8 cm³/mol. The van der Waals surface area contributed by atoms with Crippen LogP contribution < -0.4 is 4.74 Å². The zero-order chi connectivity index (χ0) is 12.2. The fourth-order valence-corrected chi connectivity index (χ4v) is 2.36. The average Bonchev–Trinajstić information content (AvgIpc) is 2.16. The number of ether oxygens (including phenoxy) is 1. The fourth-order valence-electron chi connectivity index (χ4n) is 1.56. The van der Waals surface area contributed by atoms with E-state index in [0.717, 1.165) is 11.3 Å². The molecule has 0 radical (unpaired) electrons. The Balaban J connectivity index is 2.59. The standard InChI is InChI=1S/C11H15FO3S/c1-9(8-16(12,13)14)7-10-3-5-11(15-2)6-4-10/h3-6,9H,7-8H2,1-2H3. The van der Waals surface area contributed by atoms with Crippen LogP contribution in [0.1, 0.15) is 12.5 Å². The second kappa shape index (κ2) is 5.30. The maximum absolute atomic E-state index is 12.4. The van der Waals surface area contributed by atoms with Crippen molar-refractivity contribution in [1.29, 1.82) is 0 Å². The number of methoxy groups -OCH3 is 1. The van der Waals surface area contributed by atoms with Gasteiger partial charge in [-0.25, -0.2) is 0 Å². The zero-order valence-corrected chi connectivity index (χ0v) is 10.1. The first-order valence-electron chi connectivity index (χ1n) is 4.96. The van der Waals surface area contributed by atoms with E-state index in [2.05, 4.69) is 0 Å². The van der Waals surface area contributed by atoms with E-state index in [-0.39, 0.29) is 5.92 Å². The lowest BCUT2D eigenvalue weighted by Crippen LogP contribution is -2.11. The maximum atomic E-state index is 12.4. The highest BCUT2D eigenvalue weighted by atomic mass is 32.3. The minimum absolute atomic E-state index is 0.233. The minimum atomic E-state index is -4.38. The van der Waals surface area contributed by atoms with Gasteiger partial charge in [0.2, 0.25) is 0 Å². The van der Waals surface area contributed by atoms with Gasteiger partial charge in [0, 0.05) is 0 Å². The second-order valence-corrected chi connectivity index (χ2v) is 5.27. The summed E-state index contributed by atoms with van der Waals surface area (Å²) in [5.74, 6) is 0.0804. The lowest BCUT2D eigenvalue weighted by atomic mass is 10.0. The van der Waals surface area contributed by atoms with Crippen LogP contribution in [-0.4, -0.2) is 21.3 Å². The highest BCUT2D eigenvalue weighted by Gasteiger charge is 2.14. The number of hydrogen-bond donors (Lipinski definition) is 0. The molecule has 0 amide bonds. The van der Waals surface area contributed by atoms with Gasteiger partial charge in [0.05, 0.1) is 12.9 Å². The van der Waals surface area contributed by atoms with Crippen LogP contribution >= 0.6 is 0 Å². The second-order valence-electron chi connectivity index (χ2n) is 3.86. The molecule has 0 spiro atoms. The molecular weight excluding hydrogens is 231 g/mol. The lowest BCUT2D eigenvalue weighted by Gasteiger charge is -2.09. The van der Waals surface area contributed by atoms with Gasteiger partial charge in [0.15, 0.2) is 0 Å². The Kier molecular flexibility index (Phi) is 4.29. The first-order chi connectivity index (χ1) is 7.40. The van der Waals surface area contributed by atoms with Crippen LogP contribution in [-0.2, 0) is 16.6 Å². The van der Waals surface area contributed by atoms with Crippen LogP contribution in [0.4, 0.5) is 3.89 Å². The van der Waals surface area contributed by atoms with Gasteiger partial charge in [0.25, 0.3) is 0 Å². The third kappa shape index (κ3) is 4.61. The number of rotatable bonds is 5. The van der Waals surface area contributed by atoms with Crippen LogP contribution in [0, 0.1) is 5.92 Å². The van der Waals surface area contributed by atoms with Gasteiger partial charge < -0.3 is 4.74 Å². The summed E-state index contributed by atoms with van der Waals surface area (Å²) in [5.41, 5.74) is 0.969. The van der Waals surface area contributed by atoms with Crippen molar-refractivity contribution in [3.63, 3.8) is 0 Å². The lowest BCUT2D eigenvalue weighted by molar-refractivity contribution is 0.414. The normalized spacial score (nSPS) is 13.4. The van der Waals surface area contributed by atoms with Gasteiger partial charge in [-0.2, -0.15) is 8.42 Å². The highest BCUT2D eigenvalue weighted by molar-refractivity contribution is 7.86. The van der Waals surface area contributed by atoms with Gasteiger partial charge >= 0.3 is 10.2 Å². The number of halogens is 1. The van der Waals surface area contributed by atoms with E-state index >= 15 is 0 Å². The summed E-state index contributed by atoms with van der Waals surface area (Å²) in [5, 5.41) is 0. The molecule has 0 heterocycles. The van der Waals surface area contributed by atoms with E-state index in [9.17, 15) is 12.3 Å². The molecule has 0 fully saturated rings. The summed E-state index contributed by atoms with van der Waals surface area (Å²) in [6.45, 7) is 1.71. The maximum Gasteiger partial charge on any atom is 0.302 e. The molecule has 1 aromatic carbocycles. The van der Waals surface area contributed by atoms with Crippen molar-refractivity contribution in [1.82, 2.24) is 0 Å². The summed E-state index contributed by atoms with van der Waals surface area (Å²) in [4.78, 5) is 0. The Morgan fingerprint density at radius 1 is 1.31 bits per heavy atom. The molecule has 0 N–H and O–H groups in total. The highest BCUT2D eigenvalue weighted by Crippen LogP contribution is 2.15. The first-order valence-corrected chi connectivity index (χ1v) is 6.51. The van der Waals surface area contributed by atoms with Crippen molar-refractivity contribution in [2.45, 2.75) is 13.3 Å². The quantitative estimate of drug-likeness (QED) is 0.748. The van der Waals surface area contributed by atoms with Crippen molar-refractivity contribution in [3.8, 4) is 5.75 Å². The third-order valence-electron chi connectivity index (χ3n) is 2.23. The molecular formula is C11H15FO3S. The van der Waals surface area contributed by atoms with E-state index in [1.807, 2.05) is 12.1 Å². The molecule has 1 aromatic rings. The topological polar surface area (TPSA) is 43.4 Å². The molecule has 1 unspecified atom stereocenters. The zero-order valence-electron chi connectivity index (χ0n) is 9.31. The van der Waals surface area contributed by atoms with Crippen molar-refractivity contribution >= 4 is 10.2 Å². The molecule has 90 valence electrons. The third-order valence-corrected chi connectivity index (χ3v) is 3.19. The number of benzene rings is 1. The Bertz CT molecular complexity index is 425. The van der Waals surface area contributed by atoms with Gasteiger partial charge in [-0.15, -0.1) is 3.89 Å². The monoisotopic (exact) mass is 246 g/mol. The summed E-state index contributed by atoms with van der Waals surface area (Å²) in [6, 6.07) is 7.29. The van der Waals surface area contributed by atoms with Crippen molar-refractivity contribution in [2.24, 2.45) is 5.92 Å². The van der Waals surface area contributed by atoms with Gasteiger partial charge in [0.1, 0.15) is 5.75 Å². The van der Waals surface area contributed by atoms with E-state index in [0.29, 0.717) is 6.42 Å². The summed E-state index contributed by atoms with van der Waals surface area (Å²) < 4.78 is 38.3. The molecule has 0 saturated heterocycles. The Morgan fingerprint density at radius 3 is 2.31 bits per heavy atom. The van der Waals surface area contributed by atoms with Crippen LogP contribution in [0.25, 0.3) is 0 Å². The van der Waals surface area contributed by atoms with E-state index < -0.39 is 16.0 Å². The van der Waals surface area contributed by atoms with E-state index in [4.69, 9.17) is 4.74 Å². The Morgan fingerprint density at radius 2 is 1.88 bits per heavy atom. The van der Waals surface area contributed by atoms with Crippen LogP contribution in [0.5, 0.6) is 5.75 Å². The molecule has 0 aliphatic heterocycles. The van der Waals surface area contributed by atoms with Crippen LogP contribution in [0.2, 0.25) is 0 Å². The van der Waals surface area contributed by atoms with Gasteiger partial charge in [-0.3, -0.25) is 0 Å². The molecule has 0 saturated carbocycles. The number of hydrogen-bond acceptors (Lipinski definition) is 3. The molecule has 0 aliphatic carbocycles. The Hall–Kier alpha value is -1.10. The largest absolute Gasteiger partial charge is 0.497 e. The van der Waals surface area contributed by atoms with E-state index in [1.54, 1.807) is 26.2 Å². The predicted octanol–water partition coefficient (Wildman–Crippen LogP) is 2.17. The summed E-state index contributed by atoms with van der Waals surface area (Å²) in [7, 11) is -2.80. The average molecular weight is 246 g/mol. The summed E-state index contributed by atoms with van der Waals surface area (Å²) in [6.07, 6.45) is 0.535. The van der Waals surface area contributed by atoms with Gasteiger partial charge in [-0.1, -0.05) is 19.1 Å². The molecule has 0 aromatic heterocycles. The molecule has 5 heteroatoms. The molecule has 3 nitrogen and oxygen atoms in total. The van der Waals surface area contributed by atoms with Gasteiger partial charge in [-0.05, 0) is 30.0 Å². The van der Waals surface area contributed by atoms with E-state index in [1.165, 1.54) is 0 Å². The van der Waals surface area contributed by atoms with Crippen LogP contribution in [0.3, 0.4) is 0 Å². The minimum Gasteiger partial charge on any atom is -0.497 e. The molecule has 0 bridgehead atoms. The first kappa shape index (κ1) is 13.0. The SMILES string of the molecule is COc1ccc(CC(C)CS(=O)(=O)F)cc1. The van der Waals surface area contributed by atoms with Crippen molar-refractivity contribution in [2.75, 3.05) is 12.9 Å². The summed E-state index contributed by atoms with van der Waals surface area (Å²) >= 11 is 0. The smallest absolute Gasteiger partial charge is 0.302 e. The van der Waals surface area contributed by atoms with Crippen molar-refractivity contribution in [3.05, 3.63) is 29.8 Å². The van der Waals surface area contributed by atoms with Crippen molar-refractivity contribution < 1.29 is 17.0 Å². The molecule has 1 atom stereocenters. The molecule has 16 heavy (non-hydrogen) atoms. The van der Waals surface area contributed by atoms with Crippen LogP contribution in [0.15, 0.2) is 24.3 Å². The Labute approximate surface area is 95.5 Å². The fraction of sp³-hybridized carbons (Fsp3) is 0.455.